The van der Waals surface area contributed by atoms with Crippen LogP contribution in [0.5, 0.6) is 0 Å². The van der Waals surface area contributed by atoms with Gasteiger partial charge in [-0.3, -0.25) is 9.59 Å². The SMILES string of the molecule is CN1CCN(c2ccc(NC(=O)C(C)(C)C(=O)N3CCCC3)cc2)CC1. The van der Waals surface area contributed by atoms with E-state index < -0.39 is 5.41 Å². The maximum absolute atomic E-state index is 12.7. The molecule has 26 heavy (non-hydrogen) atoms. The van der Waals surface area contributed by atoms with Crippen molar-refractivity contribution in [2.75, 3.05) is 56.5 Å². The molecule has 0 atom stereocenters. The average molecular weight is 358 g/mol. The van der Waals surface area contributed by atoms with Crippen molar-refractivity contribution in [3.8, 4) is 0 Å². The minimum absolute atomic E-state index is 0.0819. The number of carbonyl (C=O) groups is 2. The minimum Gasteiger partial charge on any atom is -0.369 e. The summed E-state index contributed by atoms with van der Waals surface area (Å²) in [6.07, 6.45) is 2.05. The Hall–Kier alpha value is -2.08. The summed E-state index contributed by atoms with van der Waals surface area (Å²) in [4.78, 5) is 31.8. The number of hydrogen-bond acceptors (Lipinski definition) is 4. The Balaban J connectivity index is 1.61. The van der Waals surface area contributed by atoms with Crippen LogP contribution in [0, 0.1) is 5.41 Å². The summed E-state index contributed by atoms with van der Waals surface area (Å²) in [5.41, 5.74) is 0.846. The number of hydrogen-bond donors (Lipinski definition) is 1. The maximum Gasteiger partial charge on any atom is 0.239 e. The number of carbonyl (C=O) groups excluding carboxylic acids is 2. The summed E-state index contributed by atoms with van der Waals surface area (Å²) in [7, 11) is 2.14. The topological polar surface area (TPSA) is 55.9 Å². The van der Waals surface area contributed by atoms with E-state index in [2.05, 4.69) is 22.2 Å². The van der Waals surface area contributed by atoms with Gasteiger partial charge in [0, 0.05) is 50.6 Å². The molecule has 0 aromatic heterocycles. The van der Waals surface area contributed by atoms with Gasteiger partial charge in [0.1, 0.15) is 5.41 Å². The molecule has 2 aliphatic rings. The summed E-state index contributed by atoms with van der Waals surface area (Å²) in [6.45, 7) is 9.09. The van der Waals surface area contributed by atoms with Gasteiger partial charge in [-0.2, -0.15) is 0 Å². The molecule has 1 aromatic rings. The third-order valence-electron chi connectivity index (χ3n) is 5.49. The second kappa shape index (κ2) is 7.66. The summed E-state index contributed by atoms with van der Waals surface area (Å²) in [5, 5.41) is 2.91. The number of nitrogens with one attached hydrogen (secondary N) is 1. The van der Waals surface area contributed by atoms with Gasteiger partial charge in [0.2, 0.25) is 11.8 Å². The Morgan fingerprint density at radius 3 is 2.08 bits per heavy atom. The van der Waals surface area contributed by atoms with Crippen LogP contribution in [0.25, 0.3) is 0 Å². The zero-order valence-corrected chi connectivity index (χ0v) is 16.1. The van der Waals surface area contributed by atoms with Crippen LogP contribution in [0.15, 0.2) is 24.3 Å². The van der Waals surface area contributed by atoms with Gasteiger partial charge in [-0.15, -0.1) is 0 Å². The number of benzene rings is 1. The van der Waals surface area contributed by atoms with Crippen LogP contribution in [0.1, 0.15) is 26.7 Å². The van der Waals surface area contributed by atoms with Gasteiger partial charge in [0.05, 0.1) is 0 Å². The lowest BCUT2D eigenvalue weighted by Gasteiger charge is -2.34. The fourth-order valence-electron chi connectivity index (χ4n) is 3.52. The Morgan fingerprint density at radius 1 is 0.923 bits per heavy atom. The number of nitrogens with zero attached hydrogens (tertiary/aromatic N) is 3. The van der Waals surface area contributed by atoms with Gasteiger partial charge in [-0.05, 0) is 58.0 Å². The highest BCUT2D eigenvalue weighted by Crippen LogP contribution is 2.25. The molecule has 6 heteroatoms. The van der Waals surface area contributed by atoms with Gasteiger partial charge >= 0.3 is 0 Å². The molecular formula is C20H30N4O2. The molecule has 1 aromatic carbocycles. The van der Waals surface area contributed by atoms with Crippen molar-refractivity contribution in [1.82, 2.24) is 9.80 Å². The van der Waals surface area contributed by atoms with Crippen LogP contribution in [-0.2, 0) is 9.59 Å². The first kappa shape index (κ1) is 18.7. The summed E-state index contributed by atoms with van der Waals surface area (Å²) in [6, 6.07) is 7.91. The Labute approximate surface area is 156 Å². The molecule has 2 amide bonds. The van der Waals surface area contributed by atoms with Crippen LogP contribution < -0.4 is 10.2 Å². The van der Waals surface area contributed by atoms with Crippen molar-refractivity contribution in [3.63, 3.8) is 0 Å². The third-order valence-corrected chi connectivity index (χ3v) is 5.49. The lowest BCUT2D eigenvalue weighted by atomic mass is 9.90. The molecule has 1 N–H and O–H groups in total. The maximum atomic E-state index is 12.7. The van der Waals surface area contributed by atoms with E-state index in [0.29, 0.717) is 0 Å². The predicted molar refractivity (Wildman–Crippen MR) is 104 cm³/mol. The van der Waals surface area contributed by atoms with Crippen LogP contribution in [0.2, 0.25) is 0 Å². The van der Waals surface area contributed by atoms with E-state index in [1.54, 1.807) is 18.7 Å². The van der Waals surface area contributed by atoms with E-state index in [0.717, 1.165) is 57.8 Å². The first-order valence-corrected chi connectivity index (χ1v) is 9.52. The number of amides is 2. The van der Waals surface area contributed by atoms with E-state index in [1.807, 2.05) is 24.3 Å². The molecule has 2 fully saturated rings. The Kier molecular flexibility index (Phi) is 5.51. The van der Waals surface area contributed by atoms with E-state index in [1.165, 1.54) is 5.69 Å². The fourth-order valence-corrected chi connectivity index (χ4v) is 3.52. The molecule has 0 spiro atoms. The number of anilines is 2. The molecule has 142 valence electrons. The molecule has 3 rings (SSSR count). The van der Waals surface area contributed by atoms with E-state index in [9.17, 15) is 9.59 Å². The summed E-state index contributed by atoms with van der Waals surface area (Å²) >= 11 is 0. The number of likely N-dealkylation sites (tertiary alicyclic amines) is 1. The number of likely N-dealkylation sites (N-methyl/N-ethyl adjacent to an activating group) is 1. The third kappa shape index (κ3) is 4.01. The molecule has 0 saturated carbocycles. The monoisotopic (exact) mass is 358 g/mol. The van der Waals surface area contributed by atoms with Crippen molar-refractivity contribution in [2.24, 2.45) is 5.41 Å². The van der Waals surface area contributed by atoms with Gasteiger partial charge in [0.25, 0.3) is 0 Å². The molecular weight excluding hydrogens is 328 g/mol. The lowest BCUT2D eigenvalue weighted by Crippen LogP contribution is -2.46. The largest absolute Gasteiger partial charge is 0.369 e. The highest BCUT2D eigenvalue weighted by Gasteiger charge is 2.39. The Morgan fingerprint density at radius 2 is 1.50 bits per heavy atom. The fraction of sp³-hybridized carbons (Fsp3) is 0.600. The quantitative estimate of drug-likeness (QED) is 0.837. The minimum atomic E-state index is -1.06. The highest BCUT2D eigenvalue weighted by atomic mass is 16.2. The van der Waals surface area contributed by atoms with Crippen molar-refractivity contribution in [3.05, 3.63) is 24.3 Å². The molecule has 2 aliphatic heterocycles. The van der Waals surface area contributed by atoms with Gasteiger partial charge < -0.3 is 20.0 Å². The predicted octanol–water partition coefficient (Wildman–Crippen LogP) is 2.03. The molecule has 2 saturated heterocycles. The number of rotatable bonds is 4. The first-order chi connectivity index (χ1) is 12.4. The Bertz CT molecular complexity index is 642. The van der Waals surface area contributed by atoms with E-state index in [4.69, 9.17) is 0 Å². The molecule has 0 bridgehead atoms. The molecule has 0 unspecified atom stereocenters. The van der Waals surface area contributed by atoms with Gasteiger partial charge in [-0.25, -0.2) is 0 Å². The zero-order valence-electron chi connectivity index (χ0n) is 16.1. The van der Waals surface area contributed by atoms with Crippen LogP contribution in [0.3, 0.4) is 0 Å². The summed E-state index contributed by atoms with van der Waals surface area (Å²) < 4.78 is 0. The van der Waals surface area contributed by atoms with Gasteiger partial charge in [0.15, 0.2) is 0 Å². The van der Waals surface area contributed by atoms with Crippen LogP contribution in [-0.4, -0.2) is 67.9 Å². The smallest absolute Gasteiger partial charge is 0.239 e. The van der Waals surface area contributed by atoms with Crippen molar-refractivity contribution < 1.29 is 9.59 Å². The van der Waals surface area contributed by atoms with E-state index in [-0.39, 0.29) is 11.8 Å². The summed E-state index contributed by atoms with van der Waals surface area (Å²) in [5.74, 6) is -0.330. The van der Waals surface area contributed by atoms with Gasteiger partial charge in [-0.1, -0.05) is 0 Å². The highest BCUT2D eigenvalue weighted by molar-refractivity contribution is 6.09. The molecule has 0 radical (unpaired) electrons. The molecule has 2 heterocycles. The standard InChI is InChI=1S/C20H30N4O2/c1-20(2,19(26)24-10-4-5-11-24)18(25)21-16-6-8-17(9-7-16)23-14-12-22(3)13-15-23/h6-9H,4-5,10-15H2,1-3H3,(H,21,25). The average Bonchev–Trinajstić information content (AvgIpc) is 3.17. The number of piperazine rings is 1. The lowest BCUT2D eigenvalue weighted by molar-refractivity contribution is -0.145. The van der Waals surface area contributed by atoms with E-state index >= 15 is 0 Å². The van der Waals surface area contributed by atoms with Crippen LogP contribution in [0.4, 0.5) is 11.4 Å². The second-order valence-electron chi connectivity index (χ2n) is 7.92. The van der Waals surface area contributed by atoms with Crippen LogP contribution >= 0.6 is 0 Å². The van der Waals surface area contributed by atoms with Crippen molar-refractivity contribution in [2.45, 2.75) is 26.7 Å². The zero-order chi connectivity index (χ0) is 18.7. The second-order valence-corrected chi connectivity index (χ2v) is 7.92. The van der Waals surface area contributed by atoms with Crippen molar-refractivity contribution in [1.29, 1.82) is 0 Å². The molecule has 6 nitrogen and oxygen atoms in total. The molecule has 0 aliphatic carbocycles. The first-order valence-electron chi connectivity index (χ1n) is 9.52. The van der Waals surface area contributed by atoms with Crippen molar-refractivity contribution >= 4 is 23.2 Å². The normalized spacial score (nSPS) is 18.9.